The molecule has 0 radical (unpaired) electrons. The number of esters is 1. The van der Waals surface area contributed by atoms with Crippen molar-refractivity contribution in [3.63, 3.8) is 0 Å². The summed E-state index contributed by atoms with van der Waals surface area (Å²) >= 11 is 0. The molecule has 0 bridgehead atoms. The zero-order valence-electron chi connectivity index (χ0n) is 9.93. The standard InChI is InChI=1S/C10H20F2N2O2/c1-9(2,3)16-8(15)10(14,7(11)12)5-4-6-13/h7H,4-6,13-14H2,1-3H3. The van der Waals surface area contributed by atoms with Gasteiger partial charge in [-0.05, 0) is 40.2 Å². The molecule has 0 aliphatic carbocycles. The van der Waals surface area contributed by atoms with Crippen molar-refractivity contribution in [2.24, 2.45) is 11.5 Å². The summed E-state index contributed by atoms with van der Waals surface area (Å²) in [4.78, 5) is 11.6. The van der Waals surface area contributed by atoms with E-state index >= 15 is 0 Å². The summed E-state index contributed by atoms with van der Waals surface area (Å²) in [6.07, 6.45) is -2.90. The van der Waals surface area contributed by atoms with E-state index in [0.29, 0.717) is 0 Å². The minimum Gasteiger partial charge on any atom is -0.458 e. The van der Waals surface area contributed by atoms with E-state index in [1.807, 2.05) is 0 Å². The minimum absolute atomic E-state index is 0.184. The normalized spacial score (nSPS) is 16.0. The smallest absolute Gasteiger partial charge is 0.332 e. The fourth-order valence-electron chi connectivity index (χ4n) is 1.07. The van der Waals surface area contributed by atoms with Crippen LogP contribution < -0.4 is 11.5 Å². The molecule has 0 amide bonds. The van der Waals surface area contributed by atoms with Gasteiger partial charge < -0.3 is 16.2 Å². The van der Waals surface area contributed by atoms with Gasteiger partial charge in [-0.3, -0.25) is 0 Å². The maximum Gasteiger partial charge on any atom is 0.332 e. The van der Waals surface area contributed by atoms with Gasteiger partial charge in [0.1, 0.15) is 5.60 Å². The van der Waals surface area contributed by atoms with Crippen LogP contribution >= 0.6 is 0 Å². The number of halogens is 2. The van der Waals surface area contributed by atoms with Crippen molar-refractivity contribution in [2.75, 3.05) is 6.54 Å². The molecule has 0 spiro atoms. The fourth-order valence-corrected chi connectivity index (χ4v) is 1.07. The Labute approximate surface area is 94.3 Å². The highest BCUT2D eigenvalue weighted by Crippen LogP contribution is 2.23. The lowest BCUT2D eigenvalue weighted by Crippen LogP contribution is -2.56. The number of alkyl halides is 2. The Morgan fingerprint density at radius 2 is 1.88 bits per heavy atom. The molecule has 6 heteroatoms. The summed E-state index contributed by atoms with van der Waals surface area (Å²) in [6.45, 7) is 4.99. The van der Waals surface area contributed by atoms with E-state index in [2.05, 4.69) is 0 Å². The first-order valence-electron chi connectivity index (χ1n) is 5.14. The topological polar surface area (TPSA) is 78.3 Å². The van der Waals surface area contributed by atoms with Crippen molar-refractivity contribution in [3.05, 3.63) is 0 Å². The lowest BCUT2D eigenvalue weighted by atomic mass is 9.95. The Bertz CT molecular complexity index is 241. The summed E-state index contributed by atoms with van der Waals surface area (Å²) in [5, 5.41) is 0. The largest absolute Gasteiger partial charge is 0.458 e. The van der Waals surface area contributed by atoms with Gasteiger partial charge in [0, 0.05) is 0 Å². The third kappa shape index (κ3) is 4.40. The average molecular weight is 238 g/mol. The number of nitrogens with two attached hydrogens (primary N) is 2. The summed E-state index contributed by atoms with van der Waals surface area (Å²) in [7, 11) is 0. The molecule has 4 N–H and O–H groups in total. The highest BCUT2D eigenvalue weighted by atomic mass is 19.3. The van der Waals surface area contributed by atoms with E-state index in [0.717, 1.165) is 0 Å². The molecule has 1 unspecified atom stereocenters. The van der Waals surface area contributed by atoms with E-state index in [1.165, 1.54) is 0 Å². The van der Waals surface area contributed by atoms with Crippen LogP contribution in [0.4, 0.5) is 8.78 Å². The number of rotatable bonds is 5. The van der Waals surface area contributed by atoms with Crippen LogP contribution in [-0.2, 0) is 9.53 Å². The zero-order chi connectivity index (χ0) is 13.0. The van der Waals surface area contributed by atoms with Gasteiger partial charge in [0.05, 0.1) is 0 Å². The zero-order valence-corrected chi connectivity index (χ0v) is 9.93. The van der Waals surface area contributed by atoms with E-state index in [9.17, 15) is 13.6 Å². The van der Waals surface area contributed by atoms with Crippen LogP contribution in [0.25, 0.3) is 0 Å². The van der Waals surface area contributed by atoms with Crippen LogP contribution in [0.1, 0.15) is 33.6 Å². The Morgan fingerprint density at radius 3 is 2.19 bits per heavy atom. The molecule has 0 aromatic rings. The van der Waals surface area contributed by atoms with Gasteiger partial charge >= 0.3 is 5.97 Å². The maximum atomic E-state index is 12.8. The second-order valence-corrected chi connectivity index (χ2v) is 4.74. The summed E-state index contributed by atoms with van der Waals surface area (Å²) in [6, 6.07) is 0. The highest BCUT2D eigenvalue weighted by Gasteiger charge is 2.45. The van der Waals surface area contributed by atoms with Crippen LogP contribution in [0.5, 0.6) is 0 Å². The molecular formula is C10H20F2N2O2. The third-order valence-electron chi connectivity index (χ3n) is 1.96. The van der Waals surface area contributed by atoms with Crippen LogP contribution in [0.3, 0.4) is 0 Å². The molecule has 0 heterocycles. The lowest BCUT2D eigenvalue weighted by Gasteiger charge is -2.30. The molecule has 1 atom stereocenters. The molecule has 0 rings (SSSR count). The maximum absolute atomic E-state index is 12.8. The van der Waals surface area contributed by atoms with Gasteiger partial charge in [-0.1, -0.05) is 0 Å². The number of carbonyl (C=O) groups is 1. The summed E-state index contributed by atoms with van der Waals surface area (Å²) in [5.41, 5.74) is 7.52. The van der Waals surface area contributed by atoms with Gasteiger partial charge in [0.25, 0.3) is 6.43 Å². The Kier molecular flexibility index (Phi) is 5.28. The summed E-state index contributed by atoms with van der Waals surface area (Å²) in [5.74, 6) is -1.08. The van der Waals surface area contributed by atoms with Crippen LogP contribution in [0.2, 0.25) is 0 Å². The number of ether oxygens (including phenoxy) is 1. The first-order chi connectivity index (χ1) is 7.13. The predicted molar refractivity (Wildman–Crippen MR) is 57.1 cm³/mol. The fraction of sp³-hybridized carbons (Fsp3) is 0.900. The van der Waals surface area contributed by atoms with Gasteiger partial charge in [0.2, 0.25) is 0 Å². The van der Waals surface area contributed by atoms with E-state index in [4.69, 9.17) is 16.2 Å². The van der Waals surface area contributed by atoms with Gasteiger partial charge in [0.15, 0.2) is 5.54 Å². The van der Waals surface area contributed by atoms with Gasteiger partial charge in [-0.25, -0.2) is 13.6 Å². The molecule has 0 aliphatic rings. The molecule has 0 aliphatic heterocycles. The molecule has 4 nitrogen and oxygen atoms in total. The van der Waals surface area contributed by atoms with Crippen LogP contribution in [0.15, 0.2) is 0 Å². The van der Waals surface area contributed by atoms with E-state index in [1.54, 1.807) is 20.8 Å². The van der Waals surface area contributed by atoms with E-state index in [-0.39, 0.29) is 19.4 Å². The molecule has 16 heavy (non-hydrogen) atoms. The van der Waals surface area contributed by atoms with Gasteiger partial charge in [-0.2, -0.15) is 0 Å². The van der Waals surface area contributed by atoms with Crippen LogP contribution in [0, 0.1) is 0 Å². The molecule has 0 aromatic heterocycles. The van der Waals surface area contributed by atoms with Crippen LogP contribution in [-0.4, -0.2) is 30.1 Å². The molecule has 96 valence electrons. The number of carbonyl (C=O) groups excluding carboxylic acids is 1. The molecule has 0 aromatic carbocycles. The Morgan fingerprint density at radius 1 is 1.38 bits per heavy atom. The SMILES string of the molecule is CC(C)(C)OC(=O)C(N)(CCCN)C(F)F. The molecule has 0 saturated heterocycles. The van der Waals surface area contributed by atoms with Crippen molar-refractivity contribution < 1.29 is 18.3 Å². The first-order valence-corrected chi connectivity index (χ1v) is 5.14. The quantitative estimate of drug-likeness (QED) is 0.701. The predicted octanol–water partition coefficient (Wildman–Crippen LogP) is 1.03. The van der Waals surface area contributed by atoms with Crippen molar-refractivity contribution >= 4 is 5.97 Å². The molecule has 0 saturated carbocycles. The van der Waals surface area contributed by atoms with Crippen molar-refractivity contribution in [1.29, 1.82) is 0 Å². The van der Waals surface area contributed by atoms with Crippen molar-refractivity contribution in [1.82, 2.24) is 0 Å². The Hall–Kier alpha value is -0.750. The minimum atomic E-state index is -2.96. The first kappa shape index (κ1) is 15.2. The second-order valence-electron chi connectivity index (χ2n) is 4.74. The Balaban J connectivity index is 4.70. The monoisotopic (exact) mass is 238 g/mol. The number of hydrogen-bond acceptors (Lipinski definition) is 4. The van der Waals surface area contributed by atoms with Gasteiger partial charge in [-0.15, -0.1) is 0 Å². The van der Waals surface area contributed by atoms with E-state index < -0.39 is 23.5 Å². The lowest BCUT2D eigenvalue weighted by molar-refractivity contribution is -0.168. The van der Waals surface area contributed by atoms with Crippen molar-refractivity contribution in [3.8, 4) is 0 Å². The summed E-state index contributed by atoms with van der Waals surface area (Å²) < 4.78 is 30.4. The molecule has 0 fully saturated rings. The third-order valence-corrected chi connectivity index (χ3v) is 1.96. The number of hydrogen-bond donors (Lipinski definition) is 2. The second kappa shape index (κ2) is 5.54. The highest BCUT2D eigenvalue weighted by molar-refractivity contribution is 5.81. The van der Waals surface area contributed by atoms with Crippen molar-refractivity contribution in [2.45, 2.75) is 51.2 Å². The average Bonchev–Trinajstić information content (AvgIpc) is 2.10. The molecular weight excluding hydrogens is 218 g/mol.